The molecule has 2 aliphatic heterocycles. The Morgan fingerprint density at radius 3 is 2.57 bits per heavy atom. The number of aliphatic carboxylic acids is 1. The van der Waals surface area contributed by atoms with Crippen LogP contribution in [-0.2, 0) is 9.59 Å². The number of β-lactam (4-membered cyclic amide) rings is 1. The molecule has 0 aromatic heterocycles. The van der Waals surface area contributed by atoms with E-state index in [0.717, 1.165) is 6.42 Å². The van der Waals surface area contributed by atoms with Crippen LogP contribution in [0.5, 0.6) is 0 Å². The van der Waals surface area contributed by atoms with Crippen LogP contribution in [0.25, 0.3) is 0 Å². The number of carboxylic acids is 1. The van der Waals surface area contributed by atoms with Crippen molar-refractivity contribution in [2.24, 2.45) is 11.8 Å². The van der Waals surface area contributed by atoms with Crippen LogP contribution < -0.4 is 10.6 Å². The predicted molar refractivity (Wildman–Crippen MR) is 105 cm³/mol. The van der Waals surface area contributed by atoms with Gasteiger partial charge in [-0.15, -0.1) is 0 Å². The van der Waals surface area contributed by atoms with Crippen molar-refractivity contribution in [3.63, 3.8) is 0 Å². The van der Waals surface area contributed by atoms with Crippen molar-refractivity contribution in [1.29, 1.82) is 5.26 Å². The third-order valence-corrected chi connectivity index (χ3v) is 6.20. The molecule has 9 nitrogen and oxygen atoms in total. The Morgan fingerprint density at radius 1 is 1.27 bits per heavy atom. The van der Waals surface area contributed by atoms with Gasteiger partial charge in [0.2, 0.25) is 5.91 Å². The van der Waals surface area contributed by atoms with E-state index in [1.165, 1.54) is 4.90 Å². The number of amides is 3. The van der Waals surface area contributed by atoms with Crippen molar-refractivity contribution in [3.05, 3.63) is 41.1 Å². The molecule has 1 saturated heterocycles. The summed E-state index contributed by atoms with van der Waals surface area (Å²) in [4.78, 5) is 38.3. The molecule has 1 aromatic carbocycles. The Bertz CT molecular complexity index is 978. The lowest BCUT2D eigenvalue weighted by molar-refractivity contribution is -0.163. The molecule has 4 N–H and O–H groups in total. The number of nitrogens with one attached hydrogen (secondary N) is 2. The standard InChI is InChI=1S/C21H22N4O5/c1-10(26)15-17-13-3-2-4-14(16(13)18(20(28)29)25(17)19(15)27)24-21(30)23-12-7-5-11(9-22)6-8-12/h5-8,10,13-15,17,26H,2-4H2,1H3,(H,28,29)(H2,23,24,30)/t10?,13-,14-,15+,17+/m0/s1. The number of hydrogen-bond donors (Lipinski definition) is 4. The third kappa shape index (κ3) is 3.09. The van der Waals surface area contributed by atoms with E-state index in [0.29, 0.717) is 29.7 Å². The van der Waals surface area contributed by atoms with Gasteiger partial charge in [0.05, 0.1) is 35.7 Å². The minimum absolute atomic E-state index is 0.0599. The van der Waals surface area contributed by atoms with Gasteiger partial charge in [-0.2, -0.15) is 5.26 Å². The van der Waals surface area contributed by atoms with Gasteiger partial charge in [-0.3, -0.25) is 4.79 Å². The summed E-state index contributed by atoms with van der Waals surface area (Å²) < 4.78 is 0. The van der Waals surface area contributed by atoms with Crippen LogP contribution in [-0.4, -0.2) is 51.2 Å². The molecule has 0 spiro atoms. The summed E-state index contributed by atoms with van der Waals surface area (Å²) in [6.45, 7) is 1.54. The Hall–Kier alpha value is -3.38. The molecular weight excluding hydrogens is 388 g/mol. The monoisotopic (exact) mass is 410 g/mol. The van der Waals surface area contributed by atoms with Crippen molar-refractivity contribution in [2.45, 2.75) is 44.4 Å². The maximum absolute atomic E-state index is 12.5. The normalized spacial score (nSPS) is 28.0. The maximum Gasteiger partial charge on any atom is 0.352 e. The first-order valence-electron chi connectivity index (χ1n) is 9.89. The van der Waals surface area contributed by atoms with E-state index in [-0.39, 0.29) is 23.6 Å². The van der Waals surface area contributed by atoms with Crippen molar-refractivity contribution in [3.8, 4) is 6.07 Å². The van der Waals surface area contributed by atoms with Gasteiger partial charge in [-0.05, 0) is 49.6 Å². The second-order valence-corrected chi connectivity index (χ2v) is 7.95. The fourth-order valence-corrected chi connectivity index (χ4v) is 4.99. The number of nitrogens with zero attached hydrogens (tertiary/aromatic N) is 2. The first kappa shape index (κ1) is 19.9. The number of aliphatic hydroxyl groups is 1. The summed E-state index contributed by atoms with van der Waals surface area (Å²) in [7, 11) is 0. The zero-order valence-corrected chi connectivity index (χ0v) is 16.3. The summed E-state index contributed by atoms with van der Waals surface area (Å²) in [5.41, 5.74) is 1.48. The van der Waals surface area contributed by atoms with E-state index < -0.39 is 30.1 Å². The molecule has 5 atom stereocenters. The Kier molecular flexibility index (Phi) is 4.95. The fourth-order valence-electron chi connectivity index (χ4n) is 4.99. The minimum atomic E-state index is -1.20. The molecule has 1 saturated carbocycles. The molecule has 3 aliphatic rings. The zero-order valence-electron chi connectivity index (χ0n) is 16.3. The first-order valence-corrected chi connectivity index (χ1v) is 9.89. The third-order valence-electron chi connectivity index (χ3n) is 6.20. The van der Waals surface area contributed by atoms with Gasteiger partial charge in [-0.1, -0.05) is 6.42 Å². The summed E-state index contributed by atoms with van der Waals surface area (Å²) in [6.07, 6.45) is 1.19. The highest BCUT2D eigenvalue weighted by molar-refractivity contribution is 6.00. The van der Waals surface area contributed by atoms with Crippen LogP contribution in [0.15, 0.2) is 35.5 Å². The number of fused-ring (bicyclic) bond motifs is 3. The number of carbonyl (C=O) groups is 3. The van der Waals surface area contributed by atoms with Crippen molar-refractivity contribution >= 4 is 23.6 Å². The molecular formula is C21H22N4O5. The van der Waals surface area contributed by atoms with Gasteiger partial charge in [0.15, 0.2) is 0 Å². The molecule has 0 bridgehead atoms. The molecule has 1 unspecified atom stereocenters. The molecule has 0 radical (unpaired) electrons. The van der Waals surface area contributed by atoms with Crippen LogP contribution in [0, 0.1) is 23.2 Å². The van der Waals surface area contributed by atoms with Crippen molar-refractivity contribution < 1.29 is 24.6 Å². The van der Waals surface area contributed by atoms with Crippen LogP contribution in [0.4, 0.5) is 10.5 Å². The second-order valence-electron chi connectivity index (χ2n) is 7.95. The average Bonchev–Trinajstić information content (AvgIpc) is 3.00. The Balaban J connectivity index is 1.56. The first-order chi connectivity index (χ1) is 14.3. The highest BCUT2D eigenvalue weighted by atomic mass is 16.4. The number of anilines is 1. The average molecular weight is 410 g/mol. The van der Waals surface area contributed by atoms with E-state index in [4.69, 9.17) is 5.26 Å². The van der Waals surface area contributed by atoms with E-state index in [1.54, 1.807) is 31.2 Å². The summed E-state index contributed by atoms with van der Waals surface area (Å²) in [6, 6.07) is 7.01. The van der Waals surface area contributed by atoms with E-state index in [1.807, 2.05) is 6.07 Å². The molecule has 4 rings (SSSR count). The lowest BCUT2D eigenvalue weighted by Crippen LogP contribution is -2.64. The largest absolute Gasteiger partial charge is 0.477 e. The topological polar surface area (TPSA) is 143 Å². The van der Waals surface area contributed by atoms with Gasteiger partial charge in [0.25, 0.3) is 0 Å². The van der Waals surface area contributed by atoms with Gasteiger partial charge in [0, 0.05) is 11.6 Å². The number of aliphatic hydroxyl groups excluding tert-OH is 1. The highest BCUT2D eigenvalue weighted by Gasteiger charge is 2.62. The zero-order chi connectivity index (χ0) is 21.6. The minimum Gasteiger partial charge on any atom is -0.477 e. The van der Waals surface area contributed by atoms with Gasteiger partial charge in [-0.25, -0.2) is 9.59 Å². The molecule has 2 heterocycles. The van der Waals surface area contributed by atoms with Crippen molar-refractivity contribution in [2.75, 3.05) is 5.32 Å². The lowest BCUT2D eigenvalue weighted by Gasteiger charge is -2.47. The maximum atomic E-state index is 12.5. The van der Waals surface area contributed by atoms with Gasteiger partial charge in [0.1, 0.15) is 5.70 Å². The summed E-state index contributed by atoms with van der Waals surface area (Å²) in [5.74, 6) is -2.39. The van der Waals surface area contributed by atoms with E-state index >= 15 is 0 Å². The van der Waals surface area contributed by atoms with E-state index in [9.17, 15) is 24.6 Å². The summed E-state index contributed by atoms with van der Waals surface area (Å²) >= 11 is 0. The SMILES string of the molecule is CC(O)[C@H]1C(=O)N2C(C(=O)O)=C3[C@@H](NC(=O)Nc4ccc(C#N)cc4)CCC[C@@H]3[C@H]12. The van der Waals surface area contributed by atoms with Gasteiger partial charge < -0.3 is 25.7 Å². The number of nitriles is 1. The van der Waals surface area contributed by atoms with Crippen LogP contribution in [0.2, 0.25) is 0 Å². The smallest absolute Gasteiger partial charge is 0.352 e. The number of hydrogen-bond acceptors (Lipinski definition) is 5. The van der Waals surface area contributed by atoms with Crippen LogP contribution in [0.1, 0.15) is 31.7 Å². The number of carboxylic acid groups (broad SMARTS) is 1. The molecule has 1 aliphatic carbocycles. The summed E-state index contributed by atoms with van der Waals surface area (Å²) in [5, 5.41) is 34.2. The quantitative estimate of drug-likeness (QED) is 0.553. The molecule has 3 amide bonds. The molecule has 9 heteroatoms. The van der Waals surface area contributed by atoms with Crippen LogP contribution in [0.3, 0.4) is 0 Å². The lowest BCUT2D eigenvalue weighted by atomic mass is 9.71. The van der Waals surface area contributed by atoms with E-state index in [2.05, 4.69) is 10.6 Å². The Morgan fingerprint density at radius 2 is 1.97 bits per heavy atom. The number of carbonyl (C=O) groups excluding carboxylic acids is 2. The molecule has 2 fully saturated rings. The second kappa shape index (κ2) is 7.46. The van der Waals surface area contributed by atoms with Crippen LogP contribution >= 0.6 is 0 Å². The van der Waals surface area contributed by atoms with Gasteiger partial charge >= 0.3 is 12.0 Å². The number of urea groups is 1. The molecule has 30 heavy (non-hydrogen) atoms. The highest BCUT2D eigenvalue weighted by Crippen LogP contribution is 2.52. The molecule has 156 valence electrons. The number of rotatable bonds is 4. The fraction of sp³-hybridized carbons (Fsp3) is 0.429. The van der Waals surface area contributed by atoms with Crippen molar-refractivity contribution in [1.82, 2.24) is 10.2 Å². The predicted octanol–water partition coefficient (Wildman–Crippen LogP) is 1.41. The Labute approximate surface area is 173 Å². The molecule has 1 aromatic rings. The number of benzene rings is 1.